The fourth-order valence-corrected chi connectivity index (χ4v) is 3.19. The maximum Gasteiger partial charge on any atom is 0.182 e. The summed E-state index contributed by atoms with van der Waals surface area (Å²) < 4.78 is 10.7. The minimum atomic E-state index is -0.520. The highest BCUT2D eigenvalue weighted by molar-refractivity contribution is 7.98. The highest BCUT2D eigenvalue weighted by Gasteiger charge is 2.36. The highest BCUT2D eigenvalue weighted by Crippen LogP contribution is 2.30. The smallest absolute Gasteiger partial charge is 0.182 e. The van der Waals surface area contributed by atoms with E-state index in [4.69, 9.17) is 9.47 Å². The number of benzene rings is 1. The maximum absolute atomic E-state index is 12.9. The van der Waals surface area contributed by atoms with Crippen LogP contribution in [0.3, 0.4) is 0 Å². The molecule has 0 aromatic heterocycles. The lowest BCUT2D eigenvalue weighted by Crippen LogP contribution is -2.54. The fraction of sp³-hybridized carbons (Fsp3) is 0.562. The SMILES string of the molecule is COc1ccc(C(=O)C(C)(C)N2CCOCC2)cc1SC. The number of hydrogen-bond donors (Lipinski definition) is 0. The van der Waals surface area contributed by atoms with Gasteiger partial charge in [-0.3, -0.25) is 9.69 Å². The van der Waals surface area contributed by atoms with Gasteiger partial charge in [0.1, 0.15) is 5.75 Å². The quantitative estimate of drug-likeness (QED) is 0.618. The van der Waals surface area contributed by atoms with Crippen LogP contribution in [0.2, 0.25) is 0 Å². The second-order valence-corrected chi connectivity index (χ2v) is 6.41. The van der Waals surface area contributed by atoms with E-state index in [0.717, 1.165) is 29.3 Å². The zero-order chi connectivity index (χ0) is 15.5. The van der Waals surface area contributed by atoms with Crippen molar-refractivity contribution < 1.29 is 14.3 Å². The first-order valence-electron chi connectivity index (χ1n) is 7.10. The van der Waals surface area contributed by atoms with Crippen molar-refractivity contribution in [2.75, 3.05) is 39.7 Å². The molecule has 2 rings (SSSR count). The molecular formula is C16H23NO3S. The van der Waals surface area contributed by atoms with Crippen molar-refractivity contribution in [3.8, 4) is 5.75 Å². The number of hydrogen-bond acceptors (Lipinski definition) is 5. The first kappa shape index (κ1) is 16.3. The van der Waals surface area contributed by atoms with Gasteiger partial charge in [0, 0.05) is 23.5 Å². The Labute approximate surface area is 130 Å². The fourth-order valence-electron chi connectivity index (χ4n) is 2.60. The van der Waals surface area contributed by atoms with Crippen LogP contribution in [0.4, 0.5) is 0 Å². The molecule has 1 heterocycles. The Bertz CT molecular complexity index is 510. The van der Waals surface area contributed by atoms with E-state index in [1.807, 2.05) is 38.3 Å². The second kappa shape index (κ2) is 6.81. The first-order valence-corrected chi connectivity index (χ1v) is 8.33. The summed E-state index contributed by atoms with van der Waals surface area (Å²) >= 11 is 1.59. The van der Waals surface area contributed by atoms with Crippen molar-refractivity contribution in [3.63, 3.8) is 0 Å². The molecule has 0 aliphatic carbocycles. The Balaban J connectivity index is 2.25. The molecule has 1 fully saturated rings. The molecule has 0 N–H and O–H groups in total. The number of methoxy groups -OCH3 is 1. The van der Waals surface area contributed by atoms with E-state index in [9.17, 15) is 4.79 Å². The van der Waals surface area contributed by atoms with Gasteiger partial charge in [0.25, 0.3) is 0 Å². The monoisotopic (exact) mass is 309 g/mol. The molecule has 0 amide bonds. The van der Waals surface area contributed by atoms with Crippen molar-refractivity contribution in [1.29, 1.82) is 0 Å². The molecule has 0 bridgehead atoms. The summed E-state index contributed by atoms with van der Waals surface area (Å²) in [6.07, 6.45) is 1.99. The lowest BCUT2D eigenvalue weighted by molar-refractivity contribution is -0.00430. The van der Waals surface area contributed by atoms with Gasteiger partial charge < -0.3 is 9.47 Å². The zero-order valence-corrected chi connectivity index (χ0v) is 14.0. The van der Waals surface area contributed by atoms with E-state index in [0.29, 0.717) is 13.2 Å². The molecule has 1 saturated heterocycles. The molecule has 1 aliphatic heterocycles. The largest absolute Gasteiger partial charge is 0.496 e. The number of morpholine rings is 1. The van der Waals surface area contributed by atoms with Crippen LogP contribution in [0.25, 0.3) is 0 Å². The summed E-state index contributed by atoms with van der Waals surface area (Å²) in [7, 11) is 1.65. The molecule has 0 unspecified atom stereocenters. The van der Waals surface area contributed by atoms with Crippen LogP contribution in [0.1, 0.15) is 24.2 Å². The summed E-state index contributed by atoms with van der Waals surface area (Å²) in [5.74, 6) is 0.950. The van der Waals surface area contributed by atoms with Crippen molar-refractivity contribution in [3.05, 3.63) is 23.8 Å². The number of ketones is 1. The molecular weight excluding hydrogens is 286 g/mol. The van der Waals surface area contributed by atoms with Crippen LogP contribution in [0.15, 0.2) is 23.1 Å². The molecule has 0 atom stereocenters. The zero-order valence-electron chi connectivity index (χ0n) is 13.1. The van der Waals surface area contributed by atoms with Crippen molar-refractivity contribution in [1.82, 2.24) is 4.90 Å². The molecule has 0 spiro atoms. The number of carbonyl (C=O) groups excluding carboxylic acids is 1. The minimum absolute atomic E-state index is 0.141. The Morgan fingerprint density at radius 3 is 2.57 bits per heavy atom. The molecule has 21 heavy (non-hydrogen) atoms. The predicted octanol–water partition coefficient (Wildman–Crippen LogP) is 2.71. The summed E-state index contributed by atoms with van der Waals surface area (Å²) in [6, 6.07) is 5.64. The van der Waals surface area contributed by atoms with E-state index >= 15 is 0 Å². The highest BCUT2D eigenvalue weighted by atomic mass is 32.2. The molecule has 1 aromatic carbocycles. The summed E-state index contributed by atoms with van der Waals surface area (Å²) in [4.78, 5) is 16.1. The number of nitrogens with zero attached hydrogens (tertiary/aromatic N) is 1. The van der Waals surface area contributed by atoms with Gasteiger partial charge >= 0.3 is 0 Å². The van der Waals surface area contributed by atoms with E-state index in [1.54, 1.807) is 18.9 Å². The van der Waals surface area contributed by atoms with Crippen molar-refractivity contribution in [2.45, 2.75) is 24.3 Å². The van der Waals surface area contributed by atoms with Crippen molar-refractivity contribution >= 4 is 17.5 Å². The predicted molar refractivity (Wildman–Crippen MR) is 85.6 cm³/mol. The molecule has 0 saturated carbocycles. The van der Waals surface area contributed by atoms with Crippen LogP contribution >= 0.6 is 11.8 Å². The van der Waals surface area contributed by atoms with Crippen LogP contribution in [-0.2, 0) is 4.74 Å². The van der Waals surface area contributed by atoms with Crippen molar-refractivity contribution in [2.24, 2.45) is 0 Å². The van der Waals surface area contributed by atoms with Gasteiger partial charge in [-0.2, -0.15) is 0 Å². The summed E-state index contributed by atoms with van der Waals surface area (Å²) in [6.45, 7) is 6.95. The Kier molecular flexibility index (Phi) is 5.30. The van der Waals surface area contributed by atoms with Gasteiger partial charge in [0.15, 0.2) is 5.78 Å². The number of rotatable bonds is 5. The van der Waals surface area contributed by atoms with Gasteiger partial charge in [-0.15, -0.1) is 11.8 Å². The normalized spacial score (nSPS) is 16.8. The third-order valence-corrected chi connectivity index (χ3v) is 4.76. The maximum atomic E-state index is 12.9. The third kappa shape index (κ3) is 3.42. The standard InChI is InChI=1S/C16H23NO3S/c1-16(2,17-7-9-20-10-8-17)15(18)12-5-6-13(19-3)14(11-12)21-4/h5-6,11H,7-10H2,1-4H3. The van der Waals surface area contributed by atoms with Crippen LogP contribution in [0.5, 0.6) is 5.75 Å². The summed E-state index contributed by atoms with van der Waals surface area (Å²) in [5, 5.41) is 0. The number of ether oxygens (including phenoxy) is 2. The molecule has 0 radical (unpaired) electrons. The van der Waals surface area contributed by atoms with Gasteiger partial charge in [-0.05, 0) is 38.3 Å². The molecule has 1 aromatic rings. The second-order valence-electron chi connectivity index (χ2n) is 5.56. The molecule has 116 valence electrons. The topological polar surface area (TPSA) is 38.8 Å². The molecule has 4 nitrogen and oxygen atoms in total. The number of carbonyl (C=O) groups is 1. The van der Waals surface area contributed by atoms with E-state index < -0.39 is 5.54 Å². The van der Waals surface area contributed by atoms with Crippen LogP contribution in [0, 0.1) is 0 Å². The van der Waals surface area contributed by atoms with E-state index in [1.165, 1.54) is 0 Å². The molecule has 5 heteroatoms. The number of thioether (sulfide) groups is 1. The average molecular weight is 309 g/mol. The Hall–Kier alpha value is -1.04. The van der Waals surface area contributed by atoms with Gasteiger partial charge in [-0.25, -0.2) is 0 Å². The summed E-state index contributed by atoms with van der Waals surface area (Å²) in [5.41, 5.74) is 0.213. The Morgan fingerprint density at radius 2 is 2.00 bits per heavy atom. The lowest BCUT2D eigenvalue weighted by atomic mass is 9.91. The van der Waals surface area contributed by atoms with Gasteiger partial charge in [0.2, 0.25) is 0 Å². The minimum Gasteiger partial charge on any atom is -0.496 e. The van der Waals surface area contributed by atoms with E-state index in [2.05, 4.69) is 4.90 Å². The van der Waals surface area contributed by atoms with Gasteiger partial charge in [-0.1, -0.05) is 0 Å². The average Bonchev–Trinajstić information content (AvgIpc) is 2.54. The molecule has 1 aliphatic rings. The van der Waals surface area contributed by atoms with E-state index in [-0.39, 0.29) is 5.78 Å². The van der Waals surface area contributed by atoms with Crippen LogP contribution in [-0.4, -0.2) is 55.9 Å². The first-order chi connectivity index (χ1) is 10.0. The van der Waals surface area contributed by atoms with Gasteiger partial charge in [0.05, 0.1) is 25.9 Å². The Morgan fingerprint density at radius 1 is 1.33 bits per heavy atom. The third-order valence-electron chi connectivity index (χ3n) is 4.00. The lowest BCUT2D eigenvalue weighted by Gasteiger charge is -2.39. The van der Waals surface area contributed by atoms with Crippen LogP contribution < -0.4 is 4.74 Å². The number of Topliss-reactive ketones (excluding diaryl/α,β-unsaturated/α-hetero) is 1.